The first-order valence-corrected chi connectivity index (χ1v) is 12.3. The second-order valence-electron chi connectivity index (χ2n) is 7.56. The fraction of sp³-hybridized carbons (Fsp3) is 0.409. The van der Waals surface area contributed by atoms with Gasteiger partial charge in [0.1, 0.15) is 6.04 Å². The van der Waals surface area contributed by atoms with Gasteiger partial charge in [-0.15, -0.1) is 0 Å². The number of aryl methyl sites for hydroxylation is 1. The lowest BCUT2D eigenvalue weighted by molar-refractivity contribution is -0.132. The molecule has 1 aliphatic rings. The van der Waals surface area contributed by atoms with Crippen molar-refractivity contribution in [3.8, 4) is 0 Å². The smallest absolute Gasteiger partial charge is 0.246 e. The Labute approximate surface area is 184 Å². The summed E-state index contributed by atoms with van der Waals surface area (Å²) in [7, 11) is -3.62. The van der Waals surface area contributed by atoms with Gasteiger partial charge in [-0.05, 0) is 43.2 Å². The van der Waals surface area contributed by atoms with E-state index in [2.05, 4.69) is 4.90 Å². The molecule has 2 aromatic carbocycles. The lowest BCUT2D eigenvalue weighted by Gasteiger charge is -2.40. The molecule has 2 aromatic rings. The summed E-state index contributed by atoms with van der Waals surface area (Å²) in [5, 5.41) is 0.687. The normalized spacial score (nSPS) is 15.7. The number of piperazine rings is 1. The molecule has 30 heavy (non-hydrogen) atoms. The van der Waals surface area contributed by atoms with Crippen LogP contribution >= 0.6 is 11.6 Å². The number of carbonyl (C=O) groups excluding carboxylic acids is 1. The van der Waals surface area contributed by atoms with Gasteiger partial charge in [-0.3, -0.25) is 9.10 Å². The molecule has 1 fully saturated rings. The molecule has 1 amide bonds. The summed E-state index contributed by atoms with van der Waals surface area (Å²) < 4.78 is 26.4. The van der Waals surface area contributed by atoms with E-state index in [0.29, 0.717) is 43.3 Å². The molecule has 3 rings (SSSR count). The highest BCUT2D eigenvalue weighted by Crippen LogP contribution is 2.27. The molecule has 1 heterocycles. The highest BCUT2D eigenvalue weighted by molar-refractivity contribution is 7.92. The van der Waals surface area contributed by atoms with E-state index in [1.165, 1.54) is 4.31 Å². The number of sulfonamides is 1. The van der Waals surface area contributed by atoms with E-state index in [-0.39, 0.29) is 5.91 Å². The Hall–Kier alpha value is -2.25. The lowest BCUT2D eigenvalue weighted by atomic mass is 10.1. The quantitative estimate of drug-likeness (QED) is 0.676. The monoisotopic (exact) mass is 449 g/mol. The van der Waals surface area contributed by atoms with Crippen LogP contribution in [0.3, 0.4) is 0 Å². The van der Waals surface area contributed by atoms with Crippen LogP contribution in [0.2, 0.25) is 5.02 Å². The van der Waals surface area contributed by atoms with E-state index in [1.54, 1.807) is 29.2 Å². The molecule has 162 valence electrons. The molecule has 1 aliphatic heterocycles. The summed E-state index contributed by atoms with van der Waals surface area (Å²) in [5.74, 6) is -0.158. The topological polar surface area (TPSA) is 60.9 Å². The number of halogens is 1. The number of hydrogen-bond donors (Lipinski definition) is 0. The maximum atomic E-state index is 13.3. The Kier molecular flexibility index (Phi) is 6.93. The van der Waals surface area contributed by atoms with Gasteiger partial charge in [-0.2, -0.15) is 0 Å². The minimum Gasteiger partial charge on any atom is -0.368 e. The number of rotatable bonds is 6. The minimum absolute atomic E-state index is 0.158. The van der Waals surface area contributed by atoms with E-state index in [1.807, 2.05) is 38.1 Å². The van der Waals surface area contributed by atoms with Crippen molar-refractivity contribution in [2.45, 2.75) is 26.3 Å². The summed E-state index contributed by atoms with van der Waals surface area (Å²) in [4.78, 5) is 17.3. The summed E-state index contributed by atoms with van der Waals surface area (Å²) in [6.45, 7) is 6.30. The molecule has 1 saturated heterocycles. The highest BCUT2D eigenvalue weighted by atomic mass is 35.5. The molecular formula is C22H28ClN3O3S. The Balaban J connectivity index is 1.77. The molecule has 0 N–H and O–H groups in total. The first-order chi connectivity index (χ1) is 14.2. The number of benzene rings is 2. The molecule has 1 unspecified atom stereocenters. The lowest BCUT2D eigenvalue weighted by Crippen LogP contribution is -2.56. The van der Waals surface area contributed by atoms with Crippen LogP contribution in [-0.2, 0) is 14.8 Å². The molecule has 0 saturated carbocycles. The van der Waals surface area contributed by atoms with Crippen molar-refractivity contribution < 1.29 is 13.2 Å². The molecule has 0 radical (unpaired) electrons. The van der Waals surface area contributed by atoms with Gasteiger partial charge in [0.25, 0.3) is 0 Å². The summed E-state index contributed by atoms with van der Waals surface area (Å²) >= 11 is 6.16. The van der Waals surface area contributed by atoms with Gasteiger partial charge in [-0.1, -0.05) is 42.8 Å². The van der Waals surface area contributed by atoms with E-state index in [9.17, 15) is 13.2 Å². The van der Waals surface area contributed by atoms with Crippen LogP contribution < -0.4 is 9.21 Å². The largest absolute Gasteiger partial charge is 0.368 e. The SMILES string of the molecule is CCC(C(=O)N1CCN(c2cc(Cl)ccc2C)CC1)N(c1ccccc1)S(C)(=O)=O. The van der Waals surface area contributed by atoms with Gasteiger partial charge in [0, 0.05) is 36.9 Å². The standard InChI is InChI=1S/C22H28ClN3O3S/c1-4-20(26(30(3,28)29)19-8-6-5-7-9-19)22(27)25-14-12-24(13-15-25)21-16-18(23)11-10-17(21)2/h5-11,16,20H,4,12-15H2,1-3H3. The zero-order valence-electron chi connectivity index (χ0n) is 17.6. The predicted octanol–water partition coefficient (Wildman–Crippen LogP) is 3.54. The third-order valence-electron chi connectivity index (χ3n) is 5.43. The van der Waals surface area contributed by atoms with Gasteiger partial charge in [-0.25, -0.2) is 8.42 Å². The summed E-state index contributed by atoms with van der Waals surface area (Å²) in [6, 6.07) is 13.9. The Morgan fingerprint density at radius 3 is 2.30 bits per heavy atom. The second kappa shape index (κ2) is 9.27. The van der Waals surface area contributed by atoms with Crippen molar-refractivity contribution in [2.75, 3.05) is 41.6 Å². The minimum atomic E-state index is -3.62. The molecule has 8 heteroatoms. The van der Waals surface area contributed by atoms with Crippen LogP contribution in [0.25, 0.3) is 0 Å². The van der Waals surface area contributed by atoms with Crippen molar-refractivity contribution >= 4 is 38.9 Å². The molecule has 0 spiro atoms. The number of amides is 1. The second-order valence-corrected chi connectivity index (χ2v) is 9.86. The van der Waals surface area contributed by atoms with Crippen molar-refractivity contribution in [1.29, 1.82) is 0 Å². The molecule has 0 aliphatic carbocycles. The van der Waals surface area contributed by atoms with Gasteiger partial charge in [0.15, 0.2) is 0 Å². The van der Waals surface area contributed by atoms with Crippen LogP contribution in [0.15, 0.2) is 48.5 Å². The van der Waals surface area contributed by atoms with Crippen molar-refractivity contribution in [3.63, 3.8) is 0 Å². The Morgan fingerprint density at radius 1 is 1.10 bits per heavy atom. The average molecular weight is 450 g/mol. The fourth-order valence-corrected chi connectivity index (χ4v) is 5.29. The number of nitrogens with zero attached hydrogens (tertiary/aromatic N) is 3. The van der Waals surface area contributed by atoms with Crippen molar-refractivity contribution in [3.05, 3.63) is 59.1 Å². The number of hydrogen-bond acceptors (Lipinski definition) is 4. The van der Waals surface area contributed by atoms with Crippen LogP contribution in [-0.4, -0.2) is 57.7 Å². The van der Waals surface area contributed by atoms with E-state index < -0.39 is 16.1 Å². The van der Waals surface area contributed by atoms with E-state index in [4.69, 9.17) is 11.6 Å². The molecule has 6 nitrogen and oxygen atoms in total. The predicted molar refractivity (Wildman–Crippen MR) is 123 cm³/mol. The van der Waals surface area contributed by atoms with Gasteiger partial charge >= 0.3 is 0 Å². The van der Waals surface area contributed by atoms with Gasteiger partial charge < -0.3 is 9.80 Å². The first kappa shape index (κ1) is 22.4. The van der Waals surface area contributed by atoms with Crippen LogP contribution in [0, 0.1) is 6.92 Å². The third-order valence-corrected chi connectivity index (χ3v) is 6.84. The van der Waals surface area contributed by atoms with Crippen molar-refractivity contribution in [1.82, 2.24) is 4.90 Å². The summed E-state index contributed by atoms with van der Waals surface area (Å²) in [6.07, 6.45) is 1.55. The summed E-state index contributed by atoms with van der Waals surface area (Å²) in [5.41, 5.74) is 2.72. The Morgan fingerprint density at radius 2 is 1.73 bits per heavy atom. The van der Waals surface area contributed by atoms with Gasteiger partial charge in [0.2, 0.25) is 15.9 Å². The van der Waals surface area contributed by atoms with Crippen molar-refractivity contribution in [2.24, 2.45) is 0 Å². The number of para-hydroxylation sites is 1. The molecule has 0 bridgehead atoms. The maximum absolute atomic E-state index is 13.3. The highest BCUT2D eigenvalue weighted by Gasteiger charge is 2.35. The first-order valence-electron chi connectivity index (χ1n) is 10.1. The maximum Gasteiger partial charge on any atom is 0.246 e. The fourth-order valence-electron chi connectivity index (χ4n) is 3.92. The average Bonchev–Trinajstić information content (AvgIpc) is 2.73. The number of carbonyl (C=O) groups is 1. The van der Waals surface area contributed by atoms with Crippen LogP contribution in [0.1, 0.15) is 18.9 Å². The van der Waals surface area contributed by atoms with E-state index in [0.717, 1.165) is 17.5 Å². The zero-order valence-corrected chi connectivity index (χ0v) is 19.2. The molecule has 0 aromatic heterocycles. The third kappa shape index (κ3) is 4.90. The Bertz CT molecular complexity index is 990. The van der Waals surface area contributed by atoms with Crippen LogP contribution in [0.4, 0.5) is 11.4 Å². The van der Waals surface area contributed by atoms with Crippen LogP contribution in [0.5, 0.6) is 0 Å². The number of anilines is 2. The molecule has 1 atom stereocenters. The molecular weight excluding hydrogens is 422 g/mol. The van der Waals surface area contributed by atoms with Gasteiger partial charge in [0.05, 0.1) is 11.9 Å². The van der Waals surface area contributed by atoms with E-state index >= 15 is 0 Å². The zero-order chi connectivity index (χ0) is 21.9.